The van der Waals surface area contributed by atoms with E-state index in [9.17, 15) is 26.7 Å². The van der Waals surface area contributed by atoms with E-state index in [1.807, 2.05) is 13.0 Å². The third-order valence-electron chi connectivity index (χ3n) is 3.40. The second kappa shape index (κ2) is 6.86. The summed E-state index contributed by atoms with van der Waals surface area (Å²) in [6.45, 7) is 2.64. The summed E-state index contributed by atoms with van der Waals surface area (Å²) in [5.74, 6) is -13.2. The lowest BCUT2D eigenvalue weighted by molar-refractivity contribution is -0.118. The maximum absolute atomic E-state index is 13.4. The Labute approximate surface area is 134 Å². The van der Waals surface area contributed by atoms with Gasteiger partial charge in [0.1, 0.15) is 0 Å². The molecule has 0 saturated carbocycles. The third-order valence-corrected chi connectivity index (χ3v) is 3.40. The van der Waals surface area contributed by atoms with Gasteiger partial charge in [0.2, 0.25) is 29.1 Å². The lowest BCUT2D eigenvalue weighted by atomic mass is 10.1. The summed E-state index contributed by atoms with van der Waals surface area (Å²) in [7, 11) is 0. The summed E-state index contributed by atoms with van der Waals surface area (Å²) < 4.78 is 70.3. The molecule has 0 aromatic heterocycles. The SMILES string of the molecule is Cc1cccc(NC(=O)COc2c(F)c(F)c(F)c(F)c2F)c1C. The van der Waals surface area contributed by atoms with Gasteiger partial charge in [-0.25, -0.2) is 13.2 Å². The van der Waals surface area contributed by atoms with E-state index < -0.39 is 47.3 Å². The number of ether oxygens (including phenoxy) is 1. The average Bonchev–Trinajstić information content (AvgIpc) is 2.55. The van der Waals surface area contributed by atoms with E-state index in [-0.39, 0.29) is 0 Å². The van der Waals surface area contributed by atoms with Crippen LogP contribution in [0.1, 0.15) is 11.1 Å². The molecular formula is C16H12F5NO2. The molecule has 0 atom stereocenters. The Kier molecular flexibility index (Phi) is 5.06. The Morgan fingerprint density at radius 1 is 0.958 bits per heavy atom. The van der Waals surface area contributed by atoms with Crippen molar-refractivity contribution < 1.29 is 31.5 Å². The van der Waals surface area contributed by atoms with Crippen LogP contribution < -0.4 is 10.1 Å². The minimum Gasteiger partial charge on any atom is -0.477 e. The maximum atomic E-state index is 13.4. The number of amides is 1. The summed E-state index contributed by atoms with van der Waals surface area (Å²) in [5.41, 5.74) is 2.11. The monoisotopic (exact) mass is 345 g/mol. The Balaban J connectivity index is 2.14. The van der Waals surface area contributed by atoms with E-state index in [0.29, 0.717) is 5.69 Å². The van der Waals surface area contributed by atoms with Gasteiger partial charge in [-0.1, -0.05) is 12.1 Å². The second-order valence-electron chi connectivity index (χ2n) is 4.98. The van der Waals surface area contributed by atoms with Gasteiger partial charge in [-0.2, -0.15) is 8.78 Å². The molecule has 1 N–H and O–H groups in total. The van der Waals surface area contributed by atoms with Gasteiger partial charge in [0, 0.05) is 5.69 Å². The number of carbonyl (C=O) groups is 1. The van der Waals surface area contributed by atoms with Crippen LogP contribution >= 0.6 is 0 Å². The number of nitrogens with one attached hydrogen (secondary N) is 1. The molecule has 0 saturated heterocycles. The fraction of sp³-hybridized carbons (Fsp3) is 0.188. The number of carbonyl (C=O) groups excluding carboxylic acids is 1. The number of anilines is 1. The van der Waals surface area contributed by atoms with E-state index in [2.05, 4.69) is 10.1 Å². The standard InChI is InChI=1S/C16H12F5NO2/c1-7-4-3-5-9(8(7)2)22-10(23)6-24-16-14(20)12(18)11(17)13(19)15(16)21/h3-5H,6H2,1-2H3,(H,22,23). The number of benzene rings is 2. The van der Waals surface area contributed by atoms with Gasteiger partial charge in [-0.05, 0) is 31.0 Å². The fourth-order valence-corrected chi connectivity index (χ4v) is 1.92. The largest absolute Gasteiger partial charge is 0.477 e. The highest BCUT2D eigenvalue weighted by molar-refractivity contribution is 5.92. The predicted octanol–water partition coefficient (Wildman–Crippen LogP) is 4.02. The minimum absolute atomic E-state index is 0.445. The molecule has 0 heterocycles. The van der Waals surface area contributed by atoms with Crippen molar-refractivity contribution in [2.24, 2.45) is 0 Å². The highest BCUT2D eigenvalue weighted by atomic mass is 19.2. The predicted molar refractivity (Wildman–Crippen MR) is 76.3 cm³/mol. The highest BCUT2D eigenvalue weighted by Crippen LogP contribution is 2.29. The van der Waals surface area contributed by atoms with Crippen LogP contribution in [0, 0.1) is 42.9 Å². The smallest absolute Gasteiger partial charge is 0.262 e. The highest BCUT2D eigenvalue weighted by Gasteiger charge is 2.27. The number of rotatable bonds is 4. The lowest BCUT2D eigenvalue weighted by Gasteiger charge is -2.12. The van der Waals surface area contributed by atoms with Crippen molar-refractivity contribution in [1.29, 1.82) is 0 Å². The van der Waals surface area contributed by atoms with Crippen LogP contribution in [0.25, 0.3) is 0 Å². The molecule has 0 spiro atoms. The van der Waals surface area contributed by atoms with Crippen molar-refractivity contribution in [3.63, 3.8) is 0 Å². The van der Waals surface area contributed by atoms with E-state index in [4.69, 9.17) is 0 Å². The molecule has 2 rings (SSSR count). The first-order valence-corrected chi connectivity index (χ1v) is 6.74. The van der Waals surface area contributed by atoms with E-state index >= 15 is 0 Å². The molecule has 3 nitrogen and oxygen atoms in total. The average molecular weight is 345 g/mol. The van der Waals surface area contributed by atoms with E-state index in [1.54, 1.807) is 19.1 Å². The molecule has 0 radical (unpaired) electrons. The molecule has 2 aromatic carbocycles. The summed E-state index contributed by atoms with van der Waals surface area (Å²) in [4.78, 5) is 11.8. The Bertz CT molecular complexity index is 779. The molecular weight excluding hydrogens is 333 g/mol. The van der Waals surface area contributed by atoms with Crippen LogP contribution in [0.15, 0.2) is 18.2 Å². The van der Waals surface area contributed by atoms with Crippen LogP contribution in [0.2, 0.25) is 0 Å². The van der Waals surface area contributed by atoms with Gasteiger partial charge < -0.3 is 10.1 Å². The number of hydrogen-bond donors (Lipinski definition) is 1. The Hall–Kier alpha value is -2.64. The van der Waals surface area contributed by atoms with Gasteiger partial charge in [-0.3, -0.25) is 4.79 Å². The minimum atomic E-state index is -2.29. The summed E-state index contributed by atoms with van der Waals surface area (Å²) >= 11 is 0. The van der Waals surface area contributed by atoms with Crippen molar-refractivity contribution in [2.45, 2.75) is 13.8 Å². The first kappa shape index (κ1) is 17.7. The van der Waals surface area contributed by atoms with Crippen molar-refractivity contribution in [2.75, 3.05) is 11.9 Å². The Morgan fingerprint density at radius 2 is 1.50 bits per heavy atom. The lowest BCUT2D eigenvalue weighted by Crippen LogP contribution is -2.22. The van der Waals surface area contributed by atoms with Gasteiger partial charge in [0.05, 0.1) is 0 Å². The van der Waals surface area contributed by atoms with Crippen LogP contribution in [0.4, 0.5) is 27.6 Å². The van der Waals surface area contributed by atoms with Gasteiger partial charge in [0.15, 0.2) is 12.4 Å². The first-order valence-electron chi connectivity index (χ1n) is 6.74. The molecule has 0 aliphatic rings. The summed E-state index contributed by atoms with van der Waals surface area (Å²) in [6, 6.07) is 5.10. The molecule has 24 heavy (non-hydrogen) atoms. The van der Waals surface area contributed by atoms with Crippen molar-refractivity contribution in [3.8, 4) is 5.75 Å². The molecule has 0 aliphatic carbocycles. The third kappa shape index (κ3) is 3.32. The molecule has 0 bridgehead atoms. The van der Waals surface area contributed by atoms with E-state index in [1.165, 1.54) is 0 Å². The van der Waals surface area contributed by atoms with Crippen molar-refractivity contribution in [1.82, 2.24) is 0 Å². The van der Waals surface area contributed by atoms with Crippen LogP contribution in [-0.2, 0) is 4.79 Å². The molecule has 2 aromatic rings. The zero-order valence-electron chi connectivity index (χ0n) is 12.6. The van der Waals surface area contributed by atoms with Crippen molar-refractivity contribution >= 4 is 11.6 Å². The topological polar surface area (TPSA) is 38.3 Å². The van der Waals surface area contributed by atoms with Crippen LogP contribution in [0.3, 0.4) is 0 Å². The zero-order chi connectivity index (χ0) is 18.0. The van der Waals surface area contributed by atoms with Gasteiger partial charge in [-0.15, -0.1) is 0 Å². The van der Waals surface area contributed by atoms with Crippen LogP contribution in [-0.4, -0.2) is 12.5 Å². The quantitative estimate of drug-likeness (QED) is 0.516. The number of halogens is 5. The first-order chi connectivity index (χ1) is 11.2. The fourth-order valence-electron chi connectivity index (χ4n) is 1.92. The molecule has 1 amide bonds. The molecule has 0 aliphatic heterocycles. The normalized spacial score (nSPS) is 10.6. The molecule has 0 fully saturated rings. The van der Waals surface area contributed by atoms with Gasteiger partial charge >= 0.3 is 0 Å². The summed E-state index contributed by atoms with van der Waals surface area (Å²) in [5, 5.41) is 2.43. The van der Waals surface area contributed by atoms with Crippen LogP contribution in [0.5, 0.6) is 5.75 Å². The molecule has 128 valence electrons. The molecule has 0 unspecified atom stereocenters. The maximum Gasteiger partial charge on any atom is 0.262 e. The number of aryl methyl sites for hydroxylation is 1. The Morgan fingerprint density at radius 3 is 2.08 bits per heavy atom. The second-order valence-corrected chi connectivity index (χ2v) is 4.98. The molecule has 8 heteroatoms. The number of hydrogen-bond acceptors (Lipinski definition) is 2. The van der Waals surface area contributed by atoms with E-state index in [0.717, 1.165) is 11.1 Å². The zero-order valence-corrected chi connectivity index (χ0v) is 12.6. The van der Waals surface area contributed by atoms with Gasteiger partial charge in [0.25, 0.3) is 5.91 Å². The van der Waals surface area contributed by atoms with Crippen molar-refractivity contribution in [3.05, 3.63) is 58.4 Å². The summed E-state index contributed by atoms with van der Waals surface area (Å²) in [6.07, 6.45) is 0.